The highest BCUT2D eigenvalue weighted by Crippen LogP contribution is 2.36. The van der Waals surface area contributed by atoms with Crippen LogP contribution in [-0.4, -0.2) is 49.4 Å². The van der Waals surface area contributed by atoms with Gasteiger partial charge in [-0.1, -0.05) is 118 Å². The SMILES string of the molecule is CCCCN(CCCC)c1cccc2c(S(=O)(=O)NC3=CCC(C)(Cl)C=C3C(=O)N[C@@H](Cc3ccc(-c4ccccc4Oc4ccccc4)cc3)C(=O)O)cccc12. The number of sulfonamides is 1. The summed E-state index contributed by atoms with van der Waals surface area (Å²) in [7, 11) is -4.23. The van der Waals surface area contributed by atoms with E-state index in [1.807, 2.05) is 97.1 Å². The number of carboxylic acid groups (broad SMARTS) is 1. The van der Waals surface area contributed by atoms with Crippen molar-refractivity contribution < 1.29 is 27.9 Å². The first-order valence-electron chi connectivity index (χ1n) is 19.8. The minimum Gasteiger partial charge on any atom is -0.480 e. The van der Waals surface area contributed by atoms with E-state index >= 15 is 0 Å². The Morgan fingerprint density at radius 2 is 1.50 bits per heavy atom. The molecule has 1 aliphatic carbocycles. The molecule has 5 aromatic carbocycles. The summed E-state index contributed by atoms with van der Waals surface area (Å²) in [5, 5.41) is 14.2. The number of hydrogen-bond acceptors (Lipinski definition) is 6. The number of allylic oxidation sites excluding steroid dienone is 2. The Labute approximate surface area is 346 Å². The van der Waals surface area contributed by atoms with Crippen LogP contribution < -0.4 is 19.7 Å². The molecule has 0 bridgehead atoms. The fraction of sp³-hybridized carbons (Fsp3) is 0.277. The molecule has 58 heavy (non-hydrogen) atoms. The summed E-state index contributed by atoms with van der Waals surface area (Å²) in [6.07, 6.45) is 7.37. The maximum Gasteiger partial charge on any atom is 0.326 e. The van der Waals surface area contributed by atoms with E-state index in [-0.39, 0.29) is 29.0 Å². The van der Waals surface area contributed by atoms with E-state index in [0.717, 1.165) is 61.0 Å². The topological polar surface area (TPSA) is 125 Å². The maximum atomic E-state index is 14.2. The number of aliphatic carboxylic acids is 1. The molecule has 11 heteroatoms. The van der Waals surface area contributed by atoms with E-state index in [4.69, 9.17) is 16.3 Å². The van der Waals surface area contributed by atoms with Gasteiger partial charge in [0.25, 0.3) is 15.9 Å². The van der Waals surface area contributed by atoms with E-state index in [2.05, 4.69) is 28.8 Å². The highest BCUT2D eigenvalue weighted by Gasteiger charge is 2.32. The van der Waals surface area contributed by atoms with Crippen LogP contribution in [0.15, 0.2) is 144 Å². The molecule has 1 unspecified atom stereocenters. The van der Waals surface area contributed by atoms with Crippen LogP contribution in [0.1, 0.15) is 58.4 Å². The Morgan fingerprint density at radius 3 is 2.19 bits per heavy atom. The molecule has 0 saturated heterocycles. The van der Waals surface area contributed by atoms with Crippen LogP contribution in [0.4, 0.5) is 5.69 Å². The first kappa shape index (κ1) is 42.0. The maximum absolute atomic E-state index is 14.2. The van der Waals surface area contributed by atoms with Crippen LogP contribution in [0, 0.1) is 0 Å². The van der Waals surface area contributed by atoms with Crippen molar-refractivity contribution >= 4 is 50.0 Å². The lowest BCUT2D eigenvalue weighted by atomic mass is 9.94. The quantitative estimate of drug-likeness (QED) is 0.0752. The number of unbranched alkanes of at least 4 members (excludes halogenated alkanes) is 2. The van der Waals surface area contributed by atoms with Gasteiger partial charge in [0.1, 0.15) is 17.5 Å². The van der Waals surface area contributed by atoms with Crippen molar-refractivity contribution in [2.75, 3.05) is 18.0 Å². The molecule has 0 aromatic heterocycles. The van der Waals surface area contributed by atoms with Gasteiger partial charge >= 0.3 is 5.97 Å². The second kappa shape index (κ2) is 18.8. The van der Waals surface area contributed by atoms with Crippen molar-refractivity contribution in [1.29, 1.82) is 0 Å². The second-order valence-electron chi connectivity index (χ2n) is 14.8. The lowest BCUT2D eigenvalue weighted by Gasteiger charge is -2.27. The van der Waals surface area contributed by atoms with Crippen LogP contribution >= 0.6 is 11.6 Å². The Hall–Kier alpha value is -5.58. The third-order valence-corrected chi connectivity index (χ3v) is 11.8. The number of ether oxygens (including phenoxy) is 1. The lowest BCUT2D eigenvalue weighted by Crippen LogP contribution is -2.44. The van der Waals surface area contributed by atoms with E-state index < -0.39 is 32.8 Å². The number of hydrogen-bond donors (Lipinski definition) is 3. The van der Waals surface area contributed by atoms with Crippen molar-refractivity contribution in [2.45, 2.75) is 75.1 Å². The summed E-state index contributed by atoms with van der Waals surface area (Å²) in [6, 6.07) is 34.1. The summed E-state index contributed by atoms with van der Waals surface area (Å²) < 4.78 is 37.2. The molecule has 0 spiro atoms. The van der Waals surface area contributed by atoms with Crippen molar-refractivity contribution in [3.63, 3.8) is 0 Å². The largest absolute Gasteiger partial charge is 0.480 e. The lowest BCUT2D eigenvalue weighted by molar-refractivity contribution is -0.141. The van der Waals surface area contributed by atoms with E-state index in [1.54, 1.807) is 31.2 Å². The Kier molecular flexibility index (Phi) is 13.6. The molecule has 1 aliphatic rings. The van der Waals surface area contributed by atoms with Gasteiger partial charge in [-0.05, 0) is 73.7 Å². The minimum atomic E-state index is -4.23. The number of para-hydroxylation sites is 2. The molecule has 0 saturated carbocycles. The molecule has 0 fully saturated rings. The number of alkyl halides is 1. The third-order valence-electron chi connectivity index (χ3n) is 10.1. The van der Waals surface area contributed by atoms with Crippen LogP contribution in [0.25, 0.3) is 21.9 Å². The van der Waals surface area contributed by atoms with Gasteiger partial charge in [0, 0.05) is 41.5 Å². The number of carbonyl (C=O) groups excluding carboxylic acids is 1. The number of carboxylic acids is 1. The van der Waals surface area contributed by atoms with Crippen LogP contribution in [0.3, 0.4) is 0 Å². The number of anilines is 1. The molecule has 2 atom stereocenters. The molecular weight excluding hydrogens is 770 g/mol. The van der Waals surface area contributed by atoms with Crippen LogP contribution in [-0.2, 0) is 26.0 Å². The summed E-state index contributed by atoms with van der Waals surface area (Å²) in [6.45, 7) is 7.73. The van der Waals surface area contributed by atoms with E-state index in [9.17, 15) is 23.1 Å². The highest BCUT2D eigenvalue weighted by atomic mass is 35.5. The standard InChI is InChI=1S/C47H50ClN3O6S/c1-4-6-29-51(30-7-5-2)42-20-13-19-38-37(42)18-14-22-44(38)58(55,56)50-40-27-28-47(3,48)32-39(40)45(52)49-41(46(53)54)31-33-23-25-34(26-24-33)36-17-11-12-21-43(36)57-35-15-9-8-10-16-35/h8-27,32,41,50H,4-7,28-31H2,1-3H3,(H,49,52)(H,53,54)/t41-,47?/m0/s1. The Morgan fingerprint density at radius 1 is 0.845 bits per heavy atom. The number of rotatable bonds is 18. The molecular formula is C47H50ClN3O6S. The van der Waals surface area contributed by atoms with Gasteiger partial charge in [-0.15, -0.1) is 11.6 Å². The van der Waals surface area contributed by atoms with Gasteiger partial charge < -0.3 is 20.1 Å². The number of carbonyl (C=O) groups is 2. The number of amides is 1. The summed E-state index contributed by atoms with van der Waals surface area (Å²) in [5.74, 6) is -0.632. The summed E-state index contributed by atoms with van der Waals surface area (Å²) >= 11 is 6.70. The molecule has 1 amide bonds. The van der Waals surface area contributed by atoms with Crippen LogP contribution in [0.2, 0.25) is 0 Å². The van der Waals surface area contributed by atoms with Gasteiger partial charge in [-0.3, -0.25) is 9.52 Å². The fourth-order valence-corrected chi connectivity index (χ4v) is 8.56. The average Bonchev–Trinajstić information content (AvgIpc) is 3.21. The predicted octanol–water partition coefficient (Wildman–Crippen LogP) is 10.0. The first-order chi connectivity index (χ1) is 27.9. The molecule has 9 nitrogen and oxygen atoms in total. The molecule has 3 N–H and O–H groups in total. The average molecular weight is 820 g/mol. The number of benzene rings is 5. The number of fused-ring (bicyclic) bond motifs is 1. The smallest absolute Gasteiger partial charge is 0.326 e. The Bertz CT molecular complexity index is 2400. The monoisotopic (exact) mass is 819 g/mol. The Balaban J connectivity index is 1.21. The summed E-state index contributed by atoms with van der Waals surface area (Å²) in [4.78, 5) is 27.9. The van der Waals surface area contributed by atoms with E-state index in [1.165, 1.54) is 6.08 Å². The van der Waals surface area contributed by atoms with Gasteiger partial charge in [-0.2, -0.15) is 0 Å². The van der Waals surface area contributed by atoms with Crippen molar-refractivity contribution in [3.05, 3.63) is 144 Å². The van der Waals surface area contributed by atoms with Crippen molar-refractivity contribution in [2.24, 2.45) is 0 Å². The summed E-state index contributed by atoms with van der Waals surface area (Å²) in [5.41, 5.74) is 3.35. The number of nitrogens with one attached hydrogen (secondary N) is 2. The van der Waals surface area contributed by atoms with Crippen molar-refractivity contribution in [1.82, 2.24) is 10.0 Å². The first-order valence-corrected chi connectivity index (χ1v) is 21.6. The van der Waals surface area contributed by atoms with Gasteiger partial charge in [-0.25, -0.2) is 13.2 Å². The van der Waals surface area contributed by atoms with Gasteiger partial charge in [0.2, 0.25) is 0 Å². The van der Waals surface area contributed by atoms with Crippen molar-refractivity contribution in [3.8, 4) is 22.6 Å². The minimum absolute atomic E-state index is 0.0222. The zero-order valence-electron chi connectivity index (χ0n) is 33.1. The highest BCUT2D eigenvalue weighted by molar-refractivity contribution is 7.89. The molecule has 0 heterocycles. The van der Waals surface area contributed by atoms with Gasteiger partial charge in [0.15, 0.2) is 0 Å². The predicted molar refractivity (Wildman–Crippen MR) is 233 cm³/mol. The third kappa shape index (κ3) is 10.3. The second-order valence-corrected chi connectivity index (χ2v) is 17.3. The molecule has 5 aromatic rings. The molecule has 0 radical (unpaired) electrons. The zero-order chi connectivity index (χ0) is 41.3. The van der Waals surface area contributed by atoms with Gasteiger partial charge in [0.05, 0.1) is 21.0 Å². The molecule has 0 aliphatic heterocycles. The van der Waals surface area contributed by atoms with E-state index in [0.29, 0.717) is 22.4 Å². The zero-order valence-corrected chi connectivity index (χ0v) is 34.7. The number of nitrogens with zero attached hydrogens (tertiary/aromatic N) is 1. The molecule has 6 rings (SSSR count). The fourth-order valence-electron chi connectivity index (χ4n) is 7.06. The number of halogens is 1. The molecule has 302 valence electrons. The normalized spacial score (nSPS) is 15.9. The van der Waals surface area contributed by atoms with Crippen LogP contribution in [0.5, 0.6) is 11.5 Å².